The summed E-state index contributed by atoms with van der Waals surface area (Å²) < 4.78 is 0. The van der Waals surface area contributed by atoms with E-state index < -0.39 is 0 Å². The van der Waals surface area contributed by atoms with E-state index in [1.807, 2.05) is 41.3 Å². The molecule has 2 aliphatic rings. The minimum absolute atomic E-state index is 0.0425. The standard InChI is InChI=1S/C25H27ClN4O2/c26-20-4-2-1-3-18(20)16-28-23(31)17-5-7-25(14-17)8-11-30(12-9-25)24(32)22-13-19-15-27-10-6-21(19)29-22/h1-4,6,10,13,15,17,29H,5,7-9,11-12,14,16H2,(H,28,31). The first-order valence-electron chi connectivity index (χ1n) is 11.3. The van der Waals surface area contributed by atoms with Gasteiger partial charge in [-0.15, -0.1) is 0 Å². The van der Waals surface area contributed by atoms with Gasteiger partial charge in [-0.1, -0.05) is 29.8 Å². The summed E-state index contributed by atoms with van der Waals surface area (Å²) in [6.45, 7) is 1.94. The van der Waals surface area contributed by atoms with E-state index in [2.05, 4.69) is 15.3 Å². The highest BCUT2D eigenvalue weighted by molar-refractivity contribution is 6.31. The summed E-state index contributed by atoms with van der Waals surface area (Å²) in [5.41, 5.74) is 2.66. The lowest BCUT2D eigenvalue weighted by Crippen LogP contribution is -2.42. The van der Waals surface area contributed by atoms with Gasteiger partial charge in [0.05, 0.1) is 0 Å². The highest BCUT2D eigenvalue weighted by Gasteiger charge is 2.44. The van der Waals surface area contributed by atoms with Gasteiger partial charge in [0.25, 0.3) is 5.91 Å². The average molecular weight is 451 g/mol. The van der Waals surface area contributed by atoms with E-state index in [1.165, 1.54) is 0 Å². The average Bonchev–Trinajstić information content (AvgIpc) is 3.43. The first-order chi connectivity index (χ1) is 15.5. The van der Waals surface area contributed by atoms with Crippen molar-refractivity contribution in [2.45, 2.75) is 38.6 Å². The van der Waals surface area contributed by atoms with E-state index in [4.69, 9.17) is 11.6 Å². The summed E-state index contributed by atoms with van der Waals surface area (Å²) >= 11 is 6.20. The van der Waals surface area contributed by atoms with Crippen LogP contribution in [0.15, 0.2) is 48.8 Å². The van der Waals surface area contributed by atoms with Crippen molar-refractivity contribution in [3.63, 3.8) is 0 Å². The van der Waals surface area contributed by atoms with Crippen LogP contribution in [0.3, 0.4) is 0 Å². The van der Waals surface area contributed by atoms with Crippen molar-refractivity contribution >= 4 is 34.3 Å². The van der Waals surface area contributed by atoms with Crippen molar-refractivity contribution in [2.24, 2.45) is 11.3 Å². The second-order valence-corrected chi connectivity index (χ2v) is 9.59. The lowest BCUT2D eigenvalue weighted by atomic mass is 9.76. The molecule has 1 saturated heterocycles. The number of aromatic amines is 1. The third kappa shape index (κ3) is 4.11. The molecule has 3 aromatic rings. The predicted molar refractivity (Wildman–Crippen MR) is 124 cm³/mol. The van der Waals surface area contributed by atoms with Crippen LogP contribution in [0.5, 0.6) is 0 Å². The van der Waals surface area contributed by atoms with Gasteiger partial charge < -0.3 is 15.2 Å². The van der Waals surface area contributed by atoms with Crippen molar-refractivity contribution in [1.82, 2.24) is 20.2 Å². The van der Waals surface area contributed by atoms with Crippen LogP contribution in [0.4, 0.5) is 0 Å². The fourth-order valence-electron chi connectivity index (χ4n) is 5.30. The highest BCUT2D eigenvalue weighted by atomic mass is 35.5. The fourth-order valence-corrected chi connectivity index (χ4v) is 5.50. The number of nitrogens with one attached hydrogen (secondary N) is 2. The summed E-state index contributed by atoms with van der Waals surface area (Å²) in [4.78, 5) is 35.0. The number of carbonyl (C=O) groups excluding carboxylic acids is 2. The van der Waals surface area contributed by atoms with Crippen molar-refractivity contribution in [3.8, 4) is 0 Å². The number of halogens is 1. The van der Waals surface area contributed by atoms with E-state index in [-0.39, 0.29) is 23.1 Å². The zero-order chi connectivity index (χ0) is 22.1. The molecule has 1 spiro atoms. The van der Waals surface area contributed by atoms with Gasteiger partial charge in [-0.3, -0.25) is 14.6 Å². The number of nitrogens with zero attached hydrogens (tertiary/aromatic N) is 2. The van der Waals surface area contributed by atoms with E-state index in [9.17, 15) is 9.59 Å². The molecule has 2 N–H and O–H groups in total. The predicted octanol–water partition coefficient (Wildman–Crippen LogP) is 4.56. The van der Waals surface area contributed by atoms with Crippen LogP contribution < -0.4 is 5.32 Å². The quantitative estimate of drug-likeness (QED) is 0.611. The minimum Gasteiger partial charge on any atom is -0.352 e. The monoisotopic (exact) mass is 450 g/mol. The first-order valence-corrected chi connectivity index (χ1v) is 11.6. The van der Waals surface area contributed by atoms with Gasteiger partial charge >= 0.3 is 0 Å². The van der Waals surface area contributed by atoms with Crippen molar-refractivity contribution < 1.29 is 9.59 Å². The lowest BCUT2D eigenvalue weighted by molar-refractivity contribution is -0.125. The van der Waals surface area contributed by atoms with E-state index in [1.54, 1.807) is 12.4 Å². The molecule has 2 fully saturated rings. The number of pyridine rings is 1. The van der Waals surface area contributed by atoms with Gasteiger partial charge in [-0.25, -0.2) is 0 Å². The number of benzene rings is 1. The molecule has 1 aliphatic heterocycles. The van der Waals surface area contributed by atoms with Gasteiger partial charge in [0.15, 0.2) is 0 Å². The van der Waals surface area contributed by atoms with Crippen LogP contribution in [0.2, 0.25) is 5.02 Å². The number of aromatic nitrogens is 2. The summed E-state index contributed by atoms with van der Waals surface area (Å²) in [6.07, 6.45) is 8.27. The molecule has 32 heavy (non-hydrogen) atoms. The molecule has 2 amide bonds. The molecular formula is C25H27ClN4O2. The van der Waals surface area contributed by atoms with Crippen LogP contribution in [-0.2, 0) is 11.3 Å². The molecular weight excluding hydrogens is 424 g/mol. The normalized spacial score (nSPS) is 20.0. The Kier molecular flexibility index (Phi) is 5.64. The Bertz CT molecular complexity index is 1120. The summed E-state index contributed by atoms with van der Waals surface area (Å²) in [5.74, 6) is 0.205. The minimum atomic E-state index is 0.0425. The lowest BCUT2D eigenvalue weighted by Gasteiger charge is -2.39. The maximum atomic E-state index is 13.0. The molecule has 1 atom stereocenters. The third-order valence-electron chi connectivity index (χ3n) is 7.25. The molecule has 1 unspecified atom stereocenters. The van der Waals surface area contributed by atoms with Gasteiger partial charge in [-0.2, -0.15) is 0 Å². The maximum absolute atomic E-state index is 13.0. The van der Waals surface area contributed by atoms with Gasteiger partial charge in [0, 0.05) is 53.9 Å². The molecule has 7 heteroatoms. The Hall–Kier alpha value is -2.86. The van der Waals surface area contributed by atoms with Crippen LogP contribution >= 0.6 is 11.6 Å². The SMILES string of the molecule is O=C(NCc1ccccc1Cl)C1CCC2(CCN(C(=O)c3cc4cnccc4[nH]3)CC2)C1. The fraction of sp³-hybridized carbons (Fsp3) is 0.400. The number of fused-ring (bicyclic) bond motifs is 1. The number of amides is 2. The van der Waals surface area contributed by atoms with Crippen molar-refractivity contribution in [3.05, 3.63) is 65.1 Å². The highest BCUT2D eigenvalue weighted by Crippen LogP contribution is 2.49. The first kappa shape index (κ1) is 21.0. The Morgan fingerprint density at radius 1 is 1.19 bits per heavy atom. The third-order valence-corrected chi connectivity index (χ3v) is 7.62. The van der Waals surface area contributed by atoms with Crippen molar-refractivity contribution in [1.29, 1.82) is 0 Å². The van der Waals surface area contributed by atoms with Gasteiger partial charge in [0.2, 0.25) is 5.91 Å². The number of hydrogen-bond acceptors (Lipinski definition) is 3. The van der Waals surface area contributed by atoms with Crippen molar-refractivity contribution in [2.75, 3.05) is 13.1 Å². The number of H-pyrrole nitrogens is 1. The number of piperidine rings is 1. The zero-order valence-electron chi connectivity index (χ0n) is 17.9. The number of likely N-dealkylation sites (tertiary alicyclic amines) is 1. The smallest absolute Gasteiger partial charge is 0.270 e. The van der Waals surface area contributed by atoms with Crippen LogP contribution in [0.25, 0.3) is 10.9 Å². The molecule has 3 heterocycles. The van der Waals surface area contributed by atoms with E-state index in [0.717, 1.165) is 61.7 Å². The molecule has 0 radical (unpaired) electrons. The van der Waals surface area contributed by atoms with E-state index >= 15 is 0 Å². The Balaban J connectivity index is 1.15. The molecule has 166 valence electrons. The topological polar surface area (TPSA) is 78.1 Å². The van der Waals surface area contributed by atoms with Crippen LogP contribution in [0.1, 0.15) is 48.2 Å². The number of rotatable bonds is 4. The maximum Gasteiger partial charge on any atom is 0.270 e. The molecule has 1 aliphatic carbocycles. The molecule has 0 bridgehead atoms. The number of carbonyl (C=O) groups is 2. The molecule has 1 aromatic carbocycles. The Morgan fingerprint density at radius 3 is 2.78 bits per heavy atom. The van der Waals surface area contributed by atoms with Gasteiger partial charge in [-0.05, 0) is 61.3 Å². The Morgan fingerprint density at radius 2 is 2.00 bits per heavy atom. The largest absolute Gasteiger partial charge is 0.352 e. The summed E-state index contributed by atoms with van der Waals surface area (Å²) in [6, 6.07) is 11.4. The number of hydrogen-bond donors (Lipinski definition) is 2. The second kappa shape index (κ2) is 8.58. The van der Waals surface area contributed by atoms with E-state index in [0.29, 0.717) is 17.3 Å². The molecule has 2 aromatic heterocycles. The summed E-state index contributed by atoms with van der Waals surface area (Å²) in [7, 11) is 0. The second-order valence-electron chi connectivity index (χ2n) is 9.19. The molecule has 6 nitrogen and oxygen atoms in total. The Labute approximate surface area is 192 Å². The zero-order valence-corrected chi connectivity index (χ0v) is 18.7. The summed E-state index contributed by atoms with van der Waals surface area (Å²) in [5, 5.41) is 4.70. The van der Waals surface area contributed by atoms with Crippen LogP contribution in [-0.4, -0.2) is 39.8 Å². The van der Waals surface area contributed by atoms with Crippen LogP contribution in [0, 0.1) is 11.3 Å². The van der Waals surface area contributed by atoms with Gasteiger partial charge in [0.1, 0.15) is 5.69 Å². The molecule has 5 rings (SSSR count). The molecule has 1 saturated carbocycles.